The van der Waals surface area contributed by atoms with Crippen LogP contribution in [0.15, 0.2) is 18.5 Å². The zero-order valence-electron chi connectivity index (χ0n) is 21.2. The van der Waals surface area contributed by atoms with Gasteiger partial charge in [0.1, 0.15) is 35.3 Å². The number of hydrogen-bond acceptors (Lipinski definition) is 5. The molecule has 2 heterocycles. The molecule has 37 heavy (non-hydrogen) atoms. The number of carbonyl (C=O) groups excluding carboxylic acids is 2. The summed E-state index contributed by atoms with van der Waals surface area (Å²) in [6.07, 6.45) is 3.31. The fourth-order valence-electron chi connectivity index (χ4n) is 5.02. The summed E-state index contributed by atoms with van der Waals surface area (Å²) in [7, 11) is 0. The van der Waals surface area contributed by atoms with Crippen molar-refractivity contribution in [3.63, 3.8) is 0 Å². The smallest absolute Gasteiger partial charge is 0.255 e. The molecule has 2 fully saturated rings. The van der Waals surface area contributed by atoms with E-state index in [0.717, 1.165) is 12.8 Å². The van der Waals surface area contributed by atoms with Crippen molar-refractivity contribution in [2.24, 2.45) is 5.92 Å². The van der Waals surface area contributed by atoms with Gasteiger partial charge in [0.15, 0.2) is 0 Å². The maximum absolute atomic E-state index is 15.4. The topological polar surface area (TPSA) is 109 Å². The average molecular weight is 512 g/mol. The molecular formula is C27H31F2N5O3. The van der Waals surface area contributed by atoms with Gasteiger partial charge in [0.2, 0.25) is 5.91 Å². The number of aromatic amines is 1. The SMILES string of the molecule is CC(=O)N[C@@H]1CC[C@@H](NC(=O)c2c(C)[nH]c3c(-c4c(OCC5CC5)ccc(C)c4F)ncnc23)[C@H](F)C1. The highest BCUT2D eigenvalue weighted by Crippen LogP contribution is 2.39. The zero-order chi connectivity index (χ0) is 26.3. The second-order valence-electron chi connectivity index (χ2n) is 10.2. The van der Waals surface area contributed by atoms with Gasteiger partial charge in [-0.05, 0) is 57.1 Å². The van der Waals surface area contributed by atoms with Crippen LogP contribution in [0.25, 0.3) is 22.3 Å². The highest BCUT2D eigenvalue weighted by molar-refractivity contribution is 6.09. The molecule has 2 saturated carbocycles. The number of ether oxygens (including phenoxy) is 1. The first-order chi connectivity index (χ1) is 17.7. The van der Waals surface area contributed by atoms with Gasteiger partial charge in [-0.1, -0.05) is 6.07 Å². The van der Waals surface area contributed by atoms with E-state index >= 15 is 4.39 Å². The summed E-state index contributed by atoms with van der Waals surface area (Å²) >= 11 is 0. The van der Waals surface area contributed by atoms with Gasteiger partial charge in [-0.25, -0.2) is 18.7 Å². The molecule has 2 aromatic heterocycles. The van der Waals surface area contributed by atoms with E-state index in [1.54, 1.807) is 26.0 Å². The number of carbonyl (C=O) groups is 2. The molecule has 0 unspecified atom stereocenters. The van der Waals surface area contributed by atoms with E-state index in [-0.39, 0.29) is 29.5 Å². The number of aryl methyl sites for hydroxylation is 2. The fraction of sp³-hybridized carbons (Fsp3) is 0.481. The third-order valence-corrected chi connectivity index (χ3v) is 7.20. The van der Waals surface area contributed by atoms with Crippen molar-refractivity contribution < 1.29 is 23.1 Å². The van der Waals surface area contributed by atoms with E-state index < -0.39 is 23.9 Å². The van der Waals surface area contributed by atoms with E-state index in [9.17, 15) is 14.0 Å². The first-order valence-corrected chi connectivity index (χ1v) is 12.7. The molecule has 5 rings (SSSR count). The van der Waals surface area contributed by atoms with Crippen molar-refractivity contribution in [3.05, 3.63) is 41.1 Å². The lowest BCUT2D eigenvalue weighted by atomic mass is 9.89. The lowest BCUT2D eigenvalue weighted by Gasteiger charge is -2.32. The zero-order valence-corrected chi connectivity index (χ0v) is 21.2. The molecular weight excluding hydrogens is 480 g/mol. The Hall–Kier alpha value is -3.56. The number of H-pyrrole nitrogens is 1. The Labute approximate surface area is 213 Å². The summed E-state index contributed by atoms with van der Waals surface area (Å²) in [5.74, 6) is -0.227. The van der Waals surface area contributed by atoms with Crippen LogP contribution in [0.2, 0.25) is 0 Å². The van der Waals surface area contributed by atoms with Gasteiger partial charge < -0.3 is 20.4 Å². The third kappa shape index (κ3) is 5.14. The van der Waals surface area contributed by atoms with Crippen LogP contribution in [-0.4, -0.2) is 51.6 Å². The number of halogens is 2. The Morgan fingerprint density at radius 3 is 2.62 bits per heavy atom. The molecule has 8 nitrogen and oxygen atoms in total. The summed E-state index contributed by atoms with van der Waals surface area (Å²) in [5, 5.41) is 5.55. The van der Waals surface area contributed by atoms with Crippen LogP contribution < -0.4 is 15.4 Å². The minimum Gasteiger partial charge on any atom is -0.492 e. The summed E-state index contributed by atoms with van der Waals surface area (Å²) in [6.45, 7) is 5.31. The van der Waals surface area contributed by atoms with Gasteiger partial charge in [0.05, 0.1) is 29.3 Å². The second-order valence-corrected chi connectivity index (χ2v) is 10.2. The van der Waals surface area contributed by atoms with Crippen LogP contribution in [0.1, 0.15) is 60.6 Å². The molecule has 196 valence electrons. The van der Waals surface area contributed by atoms with E-state index in [4.69, 9.17) is 4.74 Å². The predicted molar refractivity (Wildman–Crippen MR) is 135 cm³/mol. The van der Waals surface area contributed by atoms with Gasteiger partial charge in [-0.3, -0.25) is 9.59 Å². The highest BCUT2D eigenvalue weighted by atomic mass is 19.1. The van der Waals surface area contributed by atoms with Crippen molar-refractivity contribution in [1.82, 2.24) is 25.6 Å². The van der Waals surface area contributed by atoms with Gasteiger partial charge in [-0.15, -0.1) is 0 Å². The van der Waals surface area contributed by atoms with Crippen molar-refractivity contribution >= 4 is 22.8 Å². The van der Waals surface area contributed by atoms with Gasteiger partial charge in [0.25, 0.3) is 5.91 Å². The number of hydrogen-bond donors (Lipinski definition) is 3. The third-order valence-electron chi connectivity index (χ3n) is 7.20. The van der Waals surface area contributed by atoms with Gasteiger partial charge >= 0.3 is 0 Å². The van der Waals surface area contributed by atoms with E-state index in [1.807, 2.05) is 0 Å². The van der Waals surface area contributed by atoms with Crippen LogP contribution in [0.4, 0.5) is 8.78 Å². The number of nitrogens with one attached hydrogen (secondary N) is 3. The molecule has 0 saturated heterocycles. The largest absolute Gasteiger partial charge is 0.492 e. The average Bonchev–Trinajstić information content (AvgIpc) is 3.61. The molecule has 2 aliphatic rings. The maximum Gasteiger partial charge on any atom is 0.255 e. The van der Waals surface area contributed by atoms with Crippen molar-refractivity contribution in [1.29, 1.82) is 0 Å². The Morgan fingerprint density at radius 2 is 1.92 bits per heavy atom. The number of nitrogens with zero attached hydrogens (tertiary/aromatic N) is 2. The molecule has 1 aromatic carbocycles. The lowest BCUT2D eigenvalue weighted by Crippen LogP contribution is -2.49. The Balaban J connectivity index is 1.44. The first kappa shape index (κ1) is 25.1. The minimum absolute atomic E-state index is 0.139. The van der Waals surface area contributed by atoms with E-state index in [0.29, 0.717) is 59.1 Å². The lowest BCUT2D eigenvalue weighted by molar-refractivity contribution is -0.120. The molecule has 3 atom stereocenters. The predicted octanol–water partition coefficient (Wildman–Crippen LogP) is 4.29. The standard InChI is InChI=1S/C27H31F2N5O3/c1-13-4-9-20(37-11-16-5-6-16)22(23(13)29)25-26-24(30-12-31-25)21(14(2)32-26)27(36)34-19-8-7-17(10-18(19)28)33-15(3)35/h4,9,12,16-19,32H,5-8,10-11H2,1-3H3,(H,33,35)(H,34,36)/t17-,18-,19-/m1/s1. The second kappa shape index (κ2) is 10.1. The number of rotatable bonds is 7. The summed E-state index contributed by atoms with van der Waals surface area (Å²) in [4.78, 5) is 36.5. The minimum atomic E-state index is -1.29. The molecule has 10 heteroatoms. The van der Waals surface area contributed by atoms with Crippen molar-refractivity contribution in [2.75, 3.05) is 6.61 Å². The van der Waals surface area contributed by atoms with E-state index in [2.05, 4.69) is 25.6 Å². The summed E-state index contributed by atoms with van der Waals surface area (Å²) in [5.41, 5.74) is 2.51. The molecule has 2 aliphatic carbocycles. The molecule has 0 radical (unpaired) electrons. The quantitative estimate of drug-likeness (QED) is 0.438. The normalized spacial score (nSPS) is 21.6. The fourth-order valence-corrected chi connectivity index (χ4v) is 5.02. The molecule has 0 spiro atoms. The molecule has 0 bridgehead atoms. The van der Waals surface area contributed by atoms with Crippen LogP contribution in [0, 0.1) is 25.6 Å². The number of amides is 2. The van der Waals surface area contributed by atoms with E-state index in [1.165, 1.54) is 13.3 Å². The number of alkyl halides is 1. The maximum atomic E-state index is 15.4. The van der Waals surface area contributed by atoms with Gasteiger partial charge in [-0.2, -0.15) is 0 Å². The Morgan fingerprint density at radius 1 is 1.14 bits per heavy atom. The molecule has 2 amide bonds. The van der Waals surface area contributed by atoms with Crippen molar-refractivity contribution in [3.8, 4) is 17.0 Å². The summed E-state index contributed by atoms with van der Waals surface area (Å²) in [6, 6.07) is 2.49. The highest BCUT2D eigenvalue weighted by Gasteiger charge is 2.33. The number of aromatic nitrogens is 3. The monoisotopic (exact) mass is 511 g/mol. The van der Waals surface area contributed by atoms with Crippen LogP contribution in [-0.2, 0) is 4.79 Å². The number of fused-ring (bicyclic) bond motifs is 1. The Kier molecular flexibility index (Phi) is 6.83. The van der Waals surface area contributed by atoms with Crippen molar-refractivity contribution in [2.45, 2.75) is 71.1 Å². The molecule has 3 N–H and O–H groups in total. The summed E-state index contributed by atoms with van der Waals surface area (Å²) < 4.78 is 36.3. The number of benzene rings is 1. The molecule has 0 aliphatic heterocycles. The molecule has 3 aromatic rings. The van der Waals surface area contributed by atoms with Crippen LogP contribution >= 0.6 is 0 Å². The van der Waals surface area contributed by atoms with Crippen LogP contribution in [0.3, 0.4) is 0 Å². The first-order valence-electron chi connectivity index (χ1n) is 12.7. The Bertz CT molecular complexity index is 1350. The van der Waals surface area contributed by atoms with Gasteiger partial charge in [0, 0.05) is 25.1 Å². The van der Waals surface area contributed by atoms with Crippen LogP contribution in [0.5, 0.6) is 5.75 Å².